The van der Waals surface area contributed by atoms with Crippen LogP contribution in [0.15, 0.2) is 21.7 Å². The summed E-state index contributed by atoms with van der Waals surface area (Å²) in [6.07, 6.45) is 1.33. The molecule has 0 saturated heterocycles. The Balaban J connectivity index is 0.00000169. The number of benzene rings is 1. The van der Waals surface area contributed by atoms with Crippen LogP contribution in [-0.4, -0.2) is 13.3 Å². The van der Waals surface area contributed by atoms with Gasteiger partial charge in [-0.05, 0) is 28.1 Å². The molecule has 0 atom stereocenters. The Labute approximate surface area is 94.9 Å². The van der Waals surface area contributed by atoms with Crippen LogP contribution in [0, 0.1) is 11.6 Å². The Hall–Kier alpha value is -0.520. The largest absolute Gasteiger partial charge is 1.00 e. The lowest BCUT2D eigenvalue weighted by molar-refractivity contribution is -0.632. The fourth-order valence-electron chi connectivity index (χ4n) is 0.795. The zero-order chi connectivity index (χ0) is 9.84. The monoisotopic (exact) mass is 284 g/mol. The Morgan fingerprint density at radius 2 is 2.07 bits per heavy atom. The topological polar surface area (TPSA) is 29.0 Å². The van der Waals surface area contributed by atoms with Crippen LogP contribution in [0.2, 0.25) is 0 Å². The number of rotatable bonds is 2. The van der Waals surface area contributed by atoms with Crippen molar-refractivity contribution in [2.75, 3.05) is 7.05 Å². The van der Waals surface area contributed by atoms with E-state index in [2.05, 4.69) is 21.0 Å². The van der Waals surface area contributed by atoms with E-state index in [0.29, 0.717) is 0 Å². The van der Waals surface area contributed by atoms with Gasteiger partial charge in [-0.15, -0.1) is 0 Å². The summed E-state index contributed by atoms with van der Waals surface area (Å²) < 4.78 is 25.8. The van der Waals surface area contributed by atoms with E-state index in [-0.39, 0.29) is 22.4 Å². The van der Waals surface area contributed by atoms with Crippen molar-refractivity contribution in [3.05, 3.63) is 33.8 Å². The van der Waals surface area contributed by atoms with Gasteiger partial charge in [-0.2, -0.15) is 0 Å². The predicted molar refractivity (Wildman–Crippen MR) is 49.5 cm³/mol. The van der Waals surface area contributed by atoms with Crippen molar-refractivity contribution < 1.29 is 26.6 Å². The fraction of sp³-hybridized carbons (Fsp3) is 0.125. The molecule has 0 aliphatic carbocycles. The number of quaternary nitrogens is 1. The SMILES string of the molecule is C[NH2+]/N=C/c1ccc(F)c(Br)c1F.[Cl-]. The van der Waals surface area contributed by atoms with Gasteiger partial charge in [0.25, 0.3) is 0 Å². The first kappa shape index (κ1) is 13.5. The number of halogens is 4. The first-order valence-electron chi connectivity index (χ1n) is 3.61. The molecular weight excluding hydrogens is 277 g/mol. The fourth-order valence-corrected chi connectivity index (χ4v) is 1.16. The Bertz CT molecular complexity index is 344. The summed E-state index contributed by atoms with van der Waals surface area (Å²) >= 11 is 2.80. The maximum atomic E-state index is 13.2. The van der Waals surface area contributed by atoms with Crippen molar-refractivity contribution in [2.45, 2.75) is 0 Å². The molecule has 0 radical (unpaired) electrons. The lowest BCUT2D eigenvalue weighted by Crippen LogP contribution is -3.00. The molecule has 2 nitrogen and oxygen atoms in total. The summed E-state index contributed by atoms with van der Waals surface area (Å²) in [6, 6.07) is 2.52. The molecule has 14 heavy (non-hydrogen) atoms. The van der Waals surface area contributed by atoms with Crippen molar-refractivity contribution in [2.24, 2.45) is 5.10 Å². The van der Waals surface area contributed by atoms with Crippen LogP contribution in [0.3, 0.4) is 0 Å². The number of hydrogen-bond donors (Lipinski definition) is 1. The minimum absolute atomic E-state index is 0. The third-order valence-corrected chi connectivity index (χ3v) is 2.15. The first-order chi connectivity index (χ1) is 6.16. The highest BCUT2D eigenvalue weighted by Crippen LogP contribution is 2.21. The van der Waals surface area contributed by atoms with E-state index in [4.69, 9.17) is 0 Å². The minimum Gasteiger partial charge on any atom is -1.00 e. The minimum atomic E-state index is -0.634. The second-order valence-electron chi connectivity index (χ2n) is 2.30. The molecule has 0 spiro atoms. The molecule has 1 rings (SSSR count). The molecule has 78 valence electrons. The molecule has 0 aliphatic rings. The average Bonchev–Trinajstić information content (AvgIpc) is 2.13. The van der Waals surface area contributed by atoms with Crippen molar-refractivity contribution >= 4 is 22.1 Å². The van der Waals surface area contributed by atoms with Gasteiger partial charge in [0.15, 0.2) is 0 Å². The molecule has 0 heterocycles. The maximum absolute atomic E-state index is 13.2. The Kier molecular flexibility index (Phi) is 5.83. The quantitative estimate of drug-likeness (QED) is 0.289. The van der Waals surface area contributed by atoms with Crippen LogP contribution >= 0.6 is 15.9 Å². The molecule has 0 amide bonds. The molecule has 0 aromatic heterocycles. The number of hydrogen-bond acceptors (Lipinski definition) is 1. The number of nitrogens with two attached hydrogens (primary N) is 1. The highest BCUT2D eigenvalue weighted by Gasteiger charge is 2.09. The third kappa shape index (κ3) is 3.01. The summed E-state index contributed by atoms with van der Waals surface area (Å²) in [4.78, 5) is 0. The van der Waals surface area contributed by atoms with Crippen molar-refractivity contribution in [1.29, 1.82) is 0 Å². The van der Waals surface area contributed by atoms with E-state index in [1.807, 2.05) is 0 Å². The third-order valence-electron chi connectivity index (χ3n) is 1.43. The molecule has 0 bridgehead atoms. The van der Waals surface area contributed by atoms with E-state index in [0.717, 1.165) is 0 Å². The highest BCUT2D eigenvalue weighted by molar-refractivity contribution is 9.10. The van der Waals surface area contributed by atoms with Gasteiger partial charge in [0.05, 0.1) is 17.7 Å². The van der Waals surface area contributed by atoms with Crippen LogP contribution in [0.4, 0.5) is 8.78 Å². The maximum Gasteiger partial charge on any atom is 0.149 e. The highest BCUT2D eigenvalue weighted by atomic mass is 79.9. The summed E-state index contributed by atoms with van der Waals surface area (Å²) in [5.41, 5.74) is 1.78. The van der Waals surface area contributed by atoms with Crippen molar-refractivity contribution in [1.82, 2.24) is 0 Å². The summed E-state index contributed by atoms with van der Waals surface area (Å²) in [5, 5.41) is 3.74. The van der Waals surface area contributed by atoms with Gasteiger partial charge in [-0.3, -0.25) is 0 Å². The first-order valence-corrected chi connectivity index (χ1v) is 4.40. The normalized spacial score (nSPS) is 10.3. The van der Waals surface area contributed by atoms with Crippen molar-refractivity contribution in [3.8, 4) is 0 Å². The van der Waals surface area contributed by atoms with Gasteiger partial charge < -0.3 is 12.4 Å². The lowest BCUT2D eigenvalue weighted by atomic mass is 10.2. The van der Waals surface area contributed by atoms with Crippen LogP contribution in [0.5, 0.6) is 0 Å². The zero-order valence-electron chi connectivity index (χ0n) is 7.27. The van der Waals surface area contributed by atoms with E-state index >= 15 is 0 Å². The van der Waals surface area contributed by atoms with Crippen molar-refractivity contribution in [3.63, 3.8) is 0 Å². The molecular formula is C8H8BrClF2N2. The van der Waals surface area contributed by atoms with Crippen LogP contribution in [-0.2, 0) is 0 Å². The Morgan fingerprint density at radius 1 is 1.43 bits per heavy atom. The number of nitrogens with zero attached hydrogens (tertiary/aromatic N) is 1. The zero-order valence-corrected chi connectivity index (χ0v) is 9.61. The predicted octanol–water partition coefficient (Wildman–Crippen LogP) is -1.74. The lowest BCUT2D eigenvalue weighted by Gasteiger charge is -1.98. The molecule has 1 aromatic rings. The van der Waals surface area contributed by atoms with Gasteiger partial charge >= 0.3 is 0 Å². The Morgan fingerprint density at radius 3 is 2.64 bits per heavy atom. The molecule has 2 N–H and O–H groups in total. The smallest absolute Gasteiger partial charge is 0.149 e. The summed E-state index contributed by atoms with van der Waals surface area (Å²) in [5.74, 6) is -1.25. The summed E-state index contributed by atoms with van der Waals surface area (Å²) in [6.45, 7) is 0. The van der Waals surface area contributed by atoms with Gasteiger partial charge in [0, 0.05) is 5.56 Å². The van der Waals surface area contributed by atoms with E-state index in [1.54, 1.807) is 7.05 Å². The van der Waals surface area contributed by atoms with Gasteiger partial charge in [-0.1, -0.05) is 5.10 Å². The average molecular weight is 286 g/mol. The van der Waals surface area contributed by atoms with Gasteiger partial charge in [-0.25, -0.2) is 14.2 Å². The molecule has 0 fully saturated rings. The molecule has 6 heteroatoms. The van der Waals surface area contributed by atoms with E-state index in [1.165, 1.54) is 23.8 Å². The molecule has 0 saturated carbocycles. The second-order valence-corrected chi connectivity index (χ2v) is 3.09. The second kappa shape index (κ2) is 6.06. The molecule has 0 aliphatic heterocycles. The molecule has 1 aromatic carbocycles. The summed E-state index contributed by atoms with van der Waals surface area (Å²) in [7, 11) is 1.72. The van der Waals surface area contributed by atoms with Gasteiger partial charge in [0.1, 0.15) is 11.6 Å². The standard InChI is InChI=1S/C8H7BrF2N2.ClH/c1-12-13-4-5-2-3-6(10)7(9)8(5)11;/h2-4,12H,1H3;1H/b13-4+;. The van der Waals surface area contributed by atoms with Gasteiger partial charge in [0.2, 0.25) is 0 Å². The molecule has 0 unspecified atom stereocenters. The van der Waals surface area contributed by atoms with Crippen LogP contribution in [0.25, 0.3) is 0 Å². The van der Waals surface area contributed by atoms with E-state index < -0.39 is 11.6 Å². The van der Waals surface area contributed by atoms with Crippen LogP contribution < -0.4 is 17.8 Å². The van der Waals surface area contributed by atoms with E-state index in [9.17, 15) is 8.78 Å². The van der Waals surface area contributed by atoms with Crippen LogP contribution in [0.1, 0.15) is 5.56 Å².